The molecule has 1 amide bonds. The van der Waals surface area contributed by atoms with Gasteiger partial charge in [-0.25, -0.2) is 0 Å². The van der Waals surface area contributed by atoms with Crippen LogP contribution in [-0.2, 0) is 17.8 Å². The predicted molar refractivity (Wildman–Crippen MR) is 108 cm³/mol. The maximum Gasteiger partial charge on any atom is 0.254 e. The van der Waals surface area contributed by atoms with E-state index >= 15 is 0 Å². The molecule has 2 aromatic carbocycles. The number of hydrogen-bond donors (Lipinski definition) is 2. The van der Waals surface area contributed by atoms with E-state index in [1.807, 2.05) is 60.7 Å². The highest BCUT2D eigenvalue weighted by Crippen LogP contribution is 2.12. The summed E-state index contributed by atoms with van der Waals surface area (Å²) in [6.07, 6.45) is 0.892. The smallest absolute Gasteiger partial charge is 0.254 e. The van der Waals surface area contributed by atoms with Crippen LogP contribution in [-0.4, -0.2) is 25.5 Å². The summed E-state index contributed by atoms with van der Waals surface area (Å²) in [7, 11) is 0. The second-order valence-corrected chi connectivity index (χ2v) is 6.42. The number of nitrogens with zero attached hydrogens (tertiary/aromatic N) is 3. The Bertz CT molecular complexity index is 1170. The summed E-state index contributed by atoms with van der Waals surface area (Å²) in [6, 6.07) is 20.3. The number of carbonyl (C=O) groups is 1. The third-order valence-electron chi connectivity index (χ3n) is 4.24. The van der Waals surface area contributed by atoms with Crippen molar-refractivity contribution in [2.75, 3.05) is 5.32 Å². The molecule has 4 rings (SSSR count). The number of benzene rings is 2. The number of nitrogens with one attached hydrogen (secondary N) is 2. The van der Waals surface area contributed by atoms with Crippen molar-refractivity contribution in [3.05, 3.63) is 88.5 Å². The Labute approximate surface area is 166 Å². The lowest BCUT2D eigenvalue weighted by Gasteiger charge is -2.06. The number of ether oxygens (including phenoxy) is 1. The summed E-state index contributed by atoms with van der Waals surface area (Å²) >= 11 is 0. The summed E-state index contributed by atoms with van der Waals surface area (Å²) in [6.45, 7) is 0.134. The number of hydrogen-bond acceptors (Lipinski definition) is 5. The molecule has 8 heteroatoms. The molecule has 0 saturated heterocycles. The molecule has 0 unspecified atom stereocenters. The molecule has 0 radical (unpaired) electrons. The first-order valence-electron chi connectivity index (χ1n) is 9.18. The summed E-state index contributed by atoms with van der Waals surface area (Å²) < 4.78 is 7.04. The van der Waals surface area contributed by atoms with E-state index in [-0.39, 0.29) is 36.1 Å². The van der Waals surface area contributed by atoms with E-state index in [1.165, 1.54) is 10.6 Å². The molecule has 0 aliphatic carbocycles. The highest BCUT2D eigenvalue weighted by molar-refractivity contribution is 5.90. The third-order valence-corrected chi connectivity index (χ3v) is 4.24. The van der Waals surface area contributed by atoms with Crippen molar-refractivity contribution in [2.45, 2.75) is 19.4 Å². The van der Waals surface area contributed by atoms with Crippen LogP contribution in [0.1, 0.15) is 17.8 Å². The van der Waals surface area contributed by atoms with Gasteiger partial charge >= 0.3 is 0 Å². The predicted octanol–water partition coefficient (Wildman–Crippen LogP) is 2.57. The highest BCUT2D eigenvalue weighted by atomic mass is 16.5. The van der Waals surface area contributed by atoms with Gasteiger partial charge in [-0.1, -0.05) is 48.5 Å². The average molecular weight is 389 g/mol. The number of anilines is 1. The second-order valence-electron chi connectivity index (χ2n) is 6.42. The molecular formula is C21H19N5O3. The first kappa shape index (κ1) is 18.4. The fourth-order valence-electron chi connectivity index (χ4n) is 2.86. The minimum Gasteiger partial charge on any atom is -0.486 e. The molecule has 0 fully saturated rings. The lowest BCUT2D eigenvalue weighted by Crippen LogP contribution is -2.19. The van der Waals surface area contributed by atoms with Crippen LogP contribution in [0.3, 0.4) is 0 Å². The monoisotopic (exact) mass is 389 g/mol. The van der Waals surface area contributed by atoms with Crippen LogP contribution in [0.4, 0.5) is 5.82 Å². The molecule has 2 N–H and O–H groups in total. The van der Waals surface area contributed by atoms with E-state index in [1.54, 1.807) is 0 Å². The van der Waals surface area contributed by atoms with E-state index in [0.29, 0.717) is 18.0 Å². The van der Waals surface area contributed by atoms with Crippen LogP contribution in [0.5, 0.6) is 5.75 Å². The molecule has 2 heterocycles. The molecule has 0 atom stereocenters. The average Bonchev–Trinajstić information content (AvgIpc) is 3.15. The van der Waals surface area contributed by atoms with E-state index < -0.39 is 0 Å². The molecule has 146 valence electrons. The van der Waals surface area contributed by atoms with Gasteiger partial charge in [0.25, 0.3) is 5.56 Å². The van der Waals surface area contributed by atoms with Crippen molar-refractivity contribution in [1.29, 1.82) is 0 Å². The fourth-order valence-corrected chi connectivity index (χ4v) is 2.86. The first-order valence-corrected chi connectivity index (χ1v) is 9.18. The Balaban J connectivity index is 1.47. The van der Waals surface area contributed by atoms with Crippen LogP contribution in [0.15, 0.2) is 71.5 Å². The van der Waals surface area contributed by atoms with E-state index in [4.69, 9.17) is 4.74 Å². The number of aromatic amines is 1. The summed E-state index contributed by atoms with van der Waals surface area (Å²) in [5, 5.41) is 7.08. The quantitative estimate of drug-likeness (QED) is 0.506. The van der Waals surface area contributed by atoms with Crippen LogP contribution in [0.2, 0.25) is 0 Å². The summed E-state index contributed by atoms with van der Waals surface area (Å²) in [4.78, 5) is 31.2. The zero-order valence-corrected chi connectivity index (χ0v) is 15.5. The molecule has 8 nitrogen and oxygen atoms in total. The zero-order chi connectivity index (χ0) is 20.1. The van der Waals surface area contributed by atoms with Gasteiger partial charge in [-0.15, -0.1) is 5.10 Å². The van der Waals surface area contributed by atoms with Crippen LogP contribution < -0.4 is 15.6 Å². The minimum absolute atomic E-state index is 0.134. The standard InChI is InChI=1S/C21H19N5O3/c27-19(12-11-15-7-3-1-4-8-15)23-18-13-20(28)24-21-22-17(25-26(18)21)14-29-16-9-5-2-6-10-16/h1-10,13H,11-12,14H2,(H,23,27)(H,22,24,25,28). The molecule has 0 aliphatic rings. The molecule has 0 spiro atoms. The van der Waals surface area contributed by atoms with Gasteiger partial charge in [0.2, 0.25) is 11.7 Å². The zero-order valence-electron chi connectivity index (χ0n) is 15.5. The normalized spacial score (nSPS) is 10.8. The van der Waals surface area contributed by atoms with Gasteiger partial charge in [0.15, 0.2) is 5.82 Å². The van der Waals surface area contributed by atoms with Crippen molar-refractivity contribution in [3.63, 3.8) is 0 Å². The lowest BCUT2D eigenvalue weighted by atomic mass is 10.1. The number of para-hydroxylation sites is 1. The maximum absolute atomic E-state index is 12.3. The van der Waals surface area contributed by atoms with Gasteiger partial charge in [0.05, 0.1) is 0 Å². The Morgan fingerprint density at radius 1 is 1.07 bits per heavy atom. The van der Waals surface area contributed by atoms with E-state index in [9.17, 15) is 9.59 Å². The fraction of sp³-hybridized carbons (Fsp3) is 0.143. The van der Waals surface area contributed by atoms with Crippen molar-refractivity contribution < 1.29 is 9.53 Å². The topological polar surface area (TPSA) is 101 Å². The Morgan fingerprint density at radius 3 is 2.55 bits per heavy atom. The number of aryl methyl sites for hydroxylation is 1. The lowest BCUT2D eigenvalue weighted by molar-refractivity contribution is -0.116. The molecule has 4 aromatic rings. The second kappa shape index (κ2) is 8.39. The van der Waals surface area contributed by atoms with E-state index in [0.717, 1.165) is 5.56 Å². The number of rotatable bonds is 7. The van der Waals surface area contributed by atoms with Crippen LogP contribution >= 0.6 is 0 Å². The Morgan fingerprint density at radius 2 is 1.79 bits per heavy atom. The molecule has 0 aliphatic heterocycles. The van der Waals surface area contributed by atoms with Crippen molar-refractivity contribution >= 4 is 17.5 Å². The Hall–Kier alpha value is -3.94. The van der Waals surface area contributed by atoms with Crippen molar-refractivity contribution in [3.8, 4) is 5.75 Å². The minimum atomic E-state index is -0.376. The maximum atomic E-state index is 12.3. The summed E-state index contributed by atoms with van der Waals surface area (Å²) in [5.74, 6) is 1.37. The number of fused-ring (bicyclic) bond motifs is 1. The largest absolute Gasteiger partial charge is 0.486 e. The third kappa shape index (κ3) is 4.67. The molecular weight excluding hydrogens is 370 g/mol. The van der Waals surface area contributed by atoms with Gasteiger partial charge in [-0.3, -0.25) is 14.6 Å². The molecule has 2 aromatic heterocycles. The summed E-state index contributed by atoms with van der Waals surface area (Å²) in [5.41, 5.74) is 0.693. The van der Waals surface area contributed by atoms with Crippen LogP contribution in [0.25, 0.3) is 5.78 Å². The van der Waals surface area contributed by atoms with Gasteiger partial charge < -0.3 is 10.1 Å². The number of H-pyrrole nitrogens is 1. The van der Waals surface area contributed by atoms with Gasteiger partial charge in [0.1, 0.15) is 18.2 Å². The highest BCUT2D eigenvalue weighted by Gasteiger charge is 2.12. The molecule has 0 bridgehead atoms. The first-order chi connectivity index (χ1) is 14.2. The number of aromatic nitrogens is 4. The number of amides is 1. The van der Waals surface area contributed by atoms with Gasteiger partial charge in [-0.05, 0) is 24.1 Å². The SMILES string of the molecule is O=C(CCc1ccccc1)Nc1cc(=O)[nH]c2nc(COc3ccccc3)nn12. The van der Waals surface area contributed by atoms with Crippen LogP contribution in [0, 0.1) is 0 Å². The molecule has 29 heavy (non-hydrogen) atoms. The van der Waals surface area contributed by atoms with E-state index in [2.05, 4.69) is 20.4 Å². The van der Waals surface area contributed by atoms with Gasteiger partial charge in [-0.2, -0.15) is 9.50 Å². The number of carbonyl (C=O) groups excluding carboxylic acids is 1. The van der Waals surface area contributed by atoms with Gasteiger partial charge in [0, 0.05) is 12.5 Å². The molecule has 0 saturated carbocycles. The van der Waals surface area contributed by atoms with Crippen molar-refractivity contribution in [1.82, 2.24) is 19.6 Å². The van der Waals surface area contributed by atoms with Crippen molar-refractivity contribution in [2.24, 2.45) is 0 Å². The Kier molecular flexibility index (Phi) is 5.33.